The molecule has 6 heteroatoms. The van der Waals surface area contributed by atoms with Gasteiger partial charge in [-0.15, -0.1) is 6.58 Å². The van der Waals surface area contributed by atoms with Gasteiger partial charge >= 0.3 is 5.97 Å². The highest BCUT2D eigenvalue weighted by Crippen LogP contribution is 2.22. The van der Waals surface area contributed by atoms with Crippen LogP contribution in [0.2, 0.25) is 0 Å². The van der Waals surface area contributed by atoms with Crippen molar-refractivity contribution in [2.45, 2.75) is 40.7 Å². The van der Waals surface area contributed by atoms with E-state index >= 15 is 0 Å². The number of aromatic nitrogens is 1. The van der Waals surface area contributed by atoms with Crippen LogP contribution in [0.5, 0.6) is 0 Å². The Hall–Kier alpha value is -2.37. The van der Waals surface area contributed by atoms with Crippen molar-refractivity contribution in [3.63, 3.8) is 0 Å². The molecule has 0 saturated heterocycles. The predicted octanol–water partition coefficient (Wildman–Crippen LogP) is 2.41. The maximum atomic E-state index is 12.8. The molecule has 6 nitrogen and oxygen atoms in total. The summed E-state index contributed by atoms with van der Waals surface area (Å²) in [7, 11) is 0. The quantitative estimate of drug-likeness (QED) is 0.475. The number of aryl methyl sites for hydroxylation is 1. The molecule has 0 unspecified atom stereocenters. The summed E-state index contributed by atoms with van der Waals surface area (Å²) >= 11 is 0. The number of aromatic amines is 1. The maximum Gasteiger partial charge on any atom is 0.355 e. The topological polar surface area (TPSA) is 79.5 Å². The van der Waals surface area contributed by atoms with Gasteiger partial charge in [-0.05, 0) is 33.3 Å². The molecule has 126 valence electrons. The number of hydrogen-bond acceptors (Lipinski definition) is 4. The first kappa shape index (κ1) is 18.7. The second kappa shape index (κ2) is 7.76. The number of amides is 1. The molecule has 0 aromatic carbocycles. The van der Waals surface area contributed by atoms with Crippen LogP contribution in [-0.2, 0) is 9.53 Å². The monoisotopic (exact) mass is 320 g/mol. The Morgan fingerprint density at radius 1 is 1.35 bits per heavy atom. The Morgan fingerprint density at radius 3 is 2.43 bits per heavy atom. The van der Waals surface area contributed by atoms with Crippen LogP contribution in [0, 0.1) is 13.8 Å². The lowest BCUT2D eigenvalue weighted by Crippen LogP contribution is -2.42. The highest BCUT2D eigenvalue weighted by Gasteiger charge is 2.29. The van der Waals surface area contributed by atoms with Gasteiger partial charge in [0, 0.05) is 24.7 Å². The largest absolute Gasteiger partial charge is 0.461 e. The van der Waals surface area contributed by atoms with Gasteiger partial charge in [0.2, 0.25) is 5.91 Å². The Balaban J connectivity index is 3.20. The van der Waals surface area contributed by atoms with Gasteiger partial charge in [-0.1, -0.05) is 6.08 Å². The fourth-order valence-corrected chi connectivity index (χ4v) is 2.58. The number of nitrogens with zero attached hydrogens (tertiary/aromatic N) is 1. The lowest BCUT2D eigenvalue weighted by atomic mass is 10.00. The Bertz CT molecular complexity index is 631. The van der Waals surface area contributed by atoms with Gasteiger partial charge in [0.15, 0.2) is 5.78 Å². The zero-order valence-corrected chi connectivity index (χ0v) is 14.4. The van der Waals surface area contributed by atoms with Crippen LogP contribution >= 0.6 is 0 Å². The SMILES string of the molecule is C=CCN(C(C)=O)[C@H](C)C(=O)c1c(C)[nH]c(C(=O)OCC)c1C. The summed E-state index contributed by atoms with van der Waals surface area (Å²) < 4.78 is 4.98. The molecule has 1 N–H and O–H groups in total. The van der Waals surface area contributed by atoms with E-state index in [1.54, 1.807) is 33.8 Å². The van der Waals surface area contributed by atoms with E-state index in [-0.39, 0.29) is 30.5 Å². The lowest BCUT2D eigenvalue weighted by molar-refractivity contribution is -0.129. The number of nitrogens with one attached hydrogen (secondary N) is 1. The van der Waals surface area contributed by atoms with Crippen LogP contribution in [0.1, 0.15) is 52.9 Å². The van der Waals surface area contributed by atoms with Crippen molar-refractivity contribution >= 4 is 17.7 Å². The van der Waals surface area contributed by atoms with Crippen molar-refractivity contribution in [2.75, 3.05) is 13.2 Å². The molecule has 0 radical (unpaired) electrons. The van der Waals surface area contributed by atoms with Crippen LogP contribution < -0.4 is 0 Å². The predicted molar refractivity (Wildman–Crippen MR) is 87.6 cm³/mol. The fraction of sp³-hybridized carbons (Fsp3) is 0.471. The van der Waals surface area contributed by atoms with Gasteiger partial charge in [-0.25, -0.2) is 4.79 Å². The van der Waals surface area contributed by atoms with E-state index in [4.69, 9.17) is 4.74 Å². The number of rotatable bonds is 7. The molecular weight excluding hydrogens is 296 g/mol. The number of hydrogen-bond donors (Lipinski definition) is 1. The first-order valence-electron chi connectivity index (χ1n) is 7.54. The molecular formula is C17H24N2O4. The molecule has 0 spiro atoms. The highest BCUT2D eigenvalue weighted by molar-refractivity contribution is 6.06. The standard InChI is InChI=1S/C17H24N2O4/c1-7-9-19(13(6)20)12(5)16(21)14-10(3)15(18-11(14)4)17(22)23-8-2/h7,12,18H,1,8-9H2,2-6H3/t12-/m1/s1. The minimum Gasteiger partial charge on any atom is -0.461 e. The molecule has 1 rings (SSSR count). The smallest absolute Gasteiger partial charge is 0.355 e. The molecule has 1 atom stereocenters. The zero-order valence-electron chi connectivity index (χ0n) is 14.4. The summed E-state index contributed by atoms with van der Waals surface area (Å²) in [4.78, 5) is 40.8. The number of Topliss-reactive ketones (excluding diaryl/α,β-unsaturated/α-hetero) is 1. The minimum atomic E-state index is -0.645. The lowest BCUT2D eigenvalue weighted by Gasteiger charge is -2.26. The summed E-state index contributed by atoms with van der Waals surface area (Å²) in [6.07, 6.45) is 1.58. The molecule has 1 amide bonds. The first-order valence-corrected chi connectivity index (χ1v) is 7.54. The number of H-pyrrole nitrogens is 1. The molecule has 0 bridgehead atoms. The zero-order chi connectivity index (χ0) is 17.7. The summed E-state index contributed by atoms with van der Waals surface area (Å²) in [6, 6.07) is -0.645. The summed E-state index contributed by atoms with van der Waals surface area (Å²) in [6.45, 7) is 12.4. The molecule has 23 heavy (non-hydrogen) atoms. The number of carbonyl (C=O) groups excluding carboxylic acids is 3. The molecule has 0 saturated carbocycles. The van der Waals surface area contributed by atoms with Crippen LogP contribution in [-0.4, -0.2) is 46.7 Å². The first-order chi connectivity index (χ1) is 10.8. The van der Waals surface area contributed by atoms with E-state index in [1.807, 2.05) is 0 Å². The summed E-state index contributed by atoms with van der Waals surface area (Å²) in [5, 5.41) is 0. The van der Waals surface area contributed by atoms with Gasteiger partial charge in [-0.3, -0.25) is 9.59 Å². The molecule has 0 aliphatic carbocycles. The van der Waals surface area contributed by atoms with Crippen LogP contribution in [0.15, 0.2) is 12.7 Å². The third kappa shape index (κ3) is 3.88. The van der Waals surface area contributed by atoms with Crippen molar-refractivity contribution in [2.24, 2.45) is 0 Å². The van der Waals surface area contributed by atoms with Crippen LogP contribution in [0.3, 0.4) is 0 Å². The average molecular weight is 320 g/mol. The van der Waals surface area contributed by atoms with Crippen molar-refractivity contribution in [3.05, 3.63) is 35.2 Å². The molecule has 1 heterocycles. The molecule has 0 aliphatic rings. The molecule has 0 fully saturated rings. The van der Waals surface area contributed by atoms with Gasteiger partial charge in [0.1, 0.15) is 5.69 Å². The van der Waals surface area contributed by atoms with Crippen molar-refractivity contribution in [1.29, 1.82) is 0 Å². The number of esters is 1. The second-order valence-corrected chi connectivity index (χ2v) is 5.35. The number of carbonyl (C=O) groups is 3. The van der Waals surface area contributed by atoms with Gasteiger partial charge in [-0.2, -0.15) is 0 Å². The van der Waals surface area contributed by atoms with Gasteiger partial charge < -0.3 is 14.6 Å². The Morgan fingerprint density at radius 2 is 1.96 bits per heavy atom. The normalized spacial score (nSPS) is 11.7. The van der Waals surface area contributed by atoms with Crippen LogP contribution in [0.4, 0.5) is 0 Å². The van der Waals surface area contributed by atoms with Crippen LogP contribution in [0.25, 0.3) is 0 Å². The Kier molecular flexibility index (Phi) is 6.30. The fourth-order valence-electron chi connectivity index (χ4n) is 2.58. The third-order valence-corrected chi connectivity index (χ3v) is 3.74. The third-order valence-electron chi connectivity index (χ3n) is 3.74. The van der Waals surface area contributed by atoms with E-state index < -0.39 is 12.0 Å². The molecule has 1 aromatic rings. The summed E-state index contributed by atoms with van der Waals surface area (Å²) in [5.41, 5.74) is 1.83. The number of ether oxygens (including phenoxy) is 1. The molecule has 0 aliphatic heterocycles. The second-order valence-electron chi connectivity index (χ2n) is 5.35. The van der Waals surface area contributed by atoms with Crippen molar-refractivity contribution in [3.8, 4) is 0 Å². The van der Waals surface area contributed by atoms with Crippen molar-refractivity contribution < 1.29 is 19.1 Å². The maximum absolute atomic E-state index is 12.8. The number of ketones is 1. The average Bonchev–Trinajstić information content (AvgIpc) is 2.78. The van der Waals surface area contributed by atoms with Gasteiger partial charge in [0.05, 0.1) is 12.6 Å². The minimum absolute atomic E-state index is 0.206. The highest BCUT2D eigenvalue weighted by atomic mass is 16.5. The van der Waals surface area contributed by atoms with E-state index in [1.165, 1.54) is 11.8 Å². The summed E-state index contributed by atoms with van der Waals surface area (Å²) in [5.74, 6) is -0.916. The van der Waals surface area contributed by atoms with E-state index in [0.29, 0.717) is 16.8 Å². The van der Waals surface area contributed by atoms with Gasteiger partial charge in [0.25, 0.3) is 0 Å². The Labute approximate surface area is 136 Å². The van der Waals surface area contributed by atoms with E-state index in [9.17, 15) is 14.4 Å². The molecule has 1 aromatic heterocycles. The van der Waals surface area contributed by atoms with E-state index in [0.717, 1.165) is 0 Å². The van der Waals surface area contributed by atoms with Crippen molar-refractivity contribution in [1.82, 2.24) is 9.88 Å². The van der Waals surface area contributed by atoms with E-state index in [2.05, 4.69) is 11.6 Å².